The number of nitrogens with zero attached hydrogens (tertiary/aromatic N) is 3. The van der Waals surface area contributed by atoms with E-state index in [-0.39, 0.29) is 6.54 Å². The Morgan fingerprint density at radius 2 is 2.04 bits per heavy atom. The summed E-state index contributed by atoms with van der Waals surface area (Å²) in [5.41, 5.74) is 0.714. The molecule has 0 unspecified atom stereocenters. The van der Waals surface area contributed by atoms with Gasteiger partial charge in [-0.3, -0.25) is 9.88 Å². The molecule has 0 saturated heterocycles. The van der Waals surface area contributed by atoms with Crippen LogP contribution in [-0.4, -0.2) is 21.7 Å². The molecule has 0 fully saturated rings. The molecule has 0 aliphatic rings. The van der Waals surface area contributed by atoms with Crippen molar-refractivity contribution in [3.63, 3.8) is 0 Å². The van der Waals surface area contributed by atoms with Crippen LogP contribution in [-0.2, 0) is 11.3 Å². The third-order valence-electron chi connectivity index (χ3n) is 3.00. The molecule has 128 valence electrons. The molecule has 1 amide bonds. The first kappa shape index (κ1) is 18.6. The summed E-state index contributed by atoms with van der Waals surface area (Å²) >= 11 is 2.18. The predicted molar refractivity (Wildman–Crippen MR) is 98.3 cm³/mol. The third-order valence-corrected chi connectivity index (χ3v) is 4.14. The summed E-state index contributed by atoms with van der Waals surface area (Å²) in [5.74, 6) is -0.00480. The van der Waals surface area contributed by atoms with E-state index in [0.717, 1.165) is 15.5 Å². The normalized spacial score (nSPS) is 11.2. The van der Waals surface area contributed by atoms with Crippen LogP contribution in [0.4, 0.5) is 15.0 Å². The predicted octanol–water partition coefficient (Wildman–Crippen LogP) is 4.47. The Morgan fingerprint density at radius 3 is 2.62 bits per heavy atom. The Balaban J connectivity index is 2.36. The van der Waals surface area contributed by atoms with Crippen LogP contribution >= 0.6 is 22.6 Å². The van der Waals surface area contributed by atoms with Crippen molar-refractivity contribution in [2.45, 2.75) is 39.8 Å². The fourth-order valence-electron chi connectivity index (χ4n) is 1.96. The van der Waals surface area contributed by atoms with E-state index in [9.17, 15) is 9.18 Å². The van der Waals surface area contributed by atoms with Crippen LogP contribution in [0.15, 0.2) is 30.6 Å². The fraction of sp³-hybridized carbons (Fsp3) is 0.353. The number of carbonyl (C=O) groups excluding carboxylic acids is 1. The van der Waals surface area contributed by atoms with Crippen molar-refractivity contribution in [3.05, 3.63) is 51.2 Å². The van der Waals surface area contributed by atoms with Crippen LogP contribution in [0.5, 0.6) is 0 Å². The fourth-order valence-corrected chi connectivity index (χ4v) is 2.26. The maximum atomic E-state index is 13.4. The Labute approximate surface area is 154 Å². The summed E-state index contributed by atoms with van der Waals surface area (Å²) in [4.78, 5) is 22.2. The first-order chi connectivity index (χ1) is 11.2. The van der Waals surface area contributed by atoms with E-state index in [1.807, 2.05) is 13.0 Å². The van der Waals surface area contributed by atoms with Gasteiger partial charge >= 0.3 is 6.09 Å². The molecular formula is C17H19FIN3O2. The van der Waals surface area contributed by atoms with Gasteiger partial charge in [-0.15, -0.1) is 0 Å². The number of hydrogen-bond acceptors (Lipinski definition) is 4. The van der Waals surface area contributed by atoms with Crippen LogP contribution in [0.1, 0.15) is 32.0 Å². The summed E-state index contributed by atoms with van der Waals surface area (Å²) < 4.78 is 19.8. The number of amides is 1. The summed E-state index contributed by atoms with van der Waals surface area (Å²) in [6, 6.07) is 4.95. The van der Waals surface area contributed by atoms with E-state index in [1.54, 1.807) is 26.8 Å². The highest BCUT2D eigenvalue weighted by atomic mass is 127. The molecule has 0 atom stereocenters. The number of aryl methyl sites for hydroxylation is 1. The van der Waals surface area contributed by atoms with Crippen molar-refractivity contribution in [1.29, 1.82) is 0 Å². The van der Waals surface area contributed by atoms with Gasteiger partial charge in [0.15, 0.2) is 0 Å². The first-order valence-corrected chi connectivity index (χ1v) is 8.47. The lowest BCUT2D eigenvalue weighted by molar-refractivity contribution is 0.0576. The minimum atomic E-state index is -0.645. The van der Waals surface area contributed by atoms with Crippen molar-refractivity contribution in [1.82, 2.24) is 9.97 Å². The molecule has 2 aromatic heterocycles. The largest absolute Gasteiger partial charge is 0.443 e. The molecule has 2 aromatic rings. The molecule has 5 nitrogen and oxygen atoms in total. The summed E-state index contributed by atoms with van der Waals surface area (Å²) in [6.45, 7) is 7.35. The standard InChI is InChI=1S/C17H19FIN3O2/c1-11-14(19)5-6-15(21-11)22(16(23)24-17(2,3)4)10-12-7-13(18)9-20-8-12/h5-9H,10H2,1-4H3. The molecule has 2 rings (SSSR count). The van der Waals surface area contributed by atoms with Gasteiger partial charge < -0.3 is 4.74 Å². The van der Waals surface area contributed by atoms with Crippen LogP contribution < -0.4 is 4.90 Å². The zero-order valence-electron chi connectivity index (χ0n) is 14.0. The monoisotopic (exact) mass is 443 g/mol. The smallest absolute Gasteiger partial charge is 0.416 e. The molecule has 0 spiro atoms. The Kier molecular flexibility index (Phi) is 5.74. The molecule has 0 aromatic carbocycles. The molecule has 0 bridgehead atoms. The number of rotatable bonds is 3. The molecule has 0 saturated carbocycles. The van der Waals surface area contributed by atoms with Crippen LogP contribution in [0.3, 0.4) is 0 Å². The SMILES string of the molecule is Cc1nc(N(Cc2cncc(F)c2)C(=O)OC(C)(C)C)ccc1I. The minimum Gasteiger partial charge on any atom is -0.443 e. The lowest BCUT2D eigenvalue weighted by atomic mass is 10.2. The number of anilines is 1. The van der Waals surface area contributed by atoms with Gasteiger partial charge in [0.2, 0.25) is 0 Å². The lowest BCUT2D eigenvalue weighted by Gasteiger charge is -2.27. The van der Waals surface area contributed by atoms with Crippen LogP contribution in [0.2, 0.25) is 0 Å². The van der Waals surface area contributed by atoms with E-state index in [4.69, 9.17) is 4.74 Å². The molecular weight excluding hydrogens is 424 g/mol. The second-order valence-electron chi connectivity index (χ2n) is 6.31. The highest BCUT2D eigenvalue weighted by Gasteiger charge is 2.25. The van der Waals surface area contributed by atoms with Gasteiger partial charge in [0.25, 0.3) is 0 Å². The molecule has 7 heteroatoms. The van der Waals surface area contributed by atoms with Gasteiger partial charge in [0, 0.05) is 9.77 Å². The maximum Gasteiger partial charge on any atom is 0.416 e. The van der Waals surface area contributed by atoms with Crippen molar-refractivity contribution in [3.8, 4) is 0 Å². The average molecular weight is 443 g/mol. The summed E-state index contributed by atoms with van der Waals surface area (Å²) in [6.07, 6.45) is 2.09. The number of hydrogen-bond donors (Lipinski definition) is 0. The Hall–Kier alpha value is -1.77. The molecule has 0 aliphatic heterocycles. The van der Waals surface area contributed by atoms with Crippen molar-refractivity contribution < 1.29 is 13.9 Å². The summed E-state index contributed by atoms with van der Waals surface area (Å²) in [5, 5.41) is 0. The van der Waals surface area contributed by atoms with E-state index >= 15 is 0 Å². The lowest BCUT2D eigenvalue weighted by Crippen LogP contribution is -2.37. The molecule has 0 aliphatic carbocycles. The van der Waals surface area contributed by atoms with Gasteiger partial charge in [-0.1, -0.05) is 0 Å². The maximum absolute atomic E-state index is 13.4. The van der Waals surface area contributed by atoms with Gasteiger partial charge in [0.05, 0.1) is 18.4 Å². The quantitative estimate of drug-likeness (QED) is 0.657. The zero-order chi connectivity index (χ0) is 17.9. The van der Waals surface area contributed by atoms with Crippen LogP contribution in [0, 0.1) is 16.3 Å². The first-order valence-electron chi connectivity index (χ1n) is 7.39. The van der Waals surface area contributed by atoms with Crippen molar-refractivity contribution in [2.24, 2.45) is 0 Å². The van der Waals surface area contributed by atoms with E-state index < -0.39 is 17.5 Å². The number of carbonyl (C=O) groups is 1. The summed E-state index contributed by atoms with van der Waals surface area (Å²) in [7, 11) is 0. The van der Waals surface area contributed by atoms with Crippen molar-refractivity contribution in [2.75, 3.05) is 4.90 Å². The Bertz CT molecular complexity index is 747. The van der Waals surface area contributed by atoms with E-state index in [0.29, 0.717) is 11.4 Å². The number of halogens is 2. The molecule has 2 heterocycles. The highest BCUT2D eigenvalue weighted by molar-refractivity contribution is 14.1. The average Bonchev–Trinajstić information content (AvgIpc) is 2.46. The topological polar surface area (TPSA) is 55.3 Å². The van der Waals surface area contributed by atoms with Gasteiger partial charge in [-0.25, -0.2) is 14.2 Å². The second-order valence-corrected chi connectivity index (χ2v) is 7.48. The van der Waals surface area contributed by atoms with Crippen LogP contribution in [0.25, 0.3) is 0 Å². The molecule has 0 N–H and O–H groups in total. The number of pyridine rings is 2. The van der Waals surface area contributed by atoms with Gasteiger partial charge in [-0.05, 0) is 74.0 Å². The third kappa shape index (κ3) is 5.12. The van der Waals surface area contributed by atoms with E-state index in [2.05, 4.69) is 32.6 Å². The van der Waals surface area contributed by atoms with Crippen molar-refractivity contribution >= 4 is 34.5 Å². The Morgan fingerprint density at radius 1 is 1.33 bits per heavy atom. The van der Waals surface area contributed by atoms with Gasteiger partial charge in [0.1, 0.15) is 17.2 Å². The number of ether oxygens (including phenoxy) is 1. The zero-order valence-corrected chi connectivity index (χ0v) is 16.2. The van der Waals surface area contributed by atoms with E-state index in [1.165, 1.54) is 17.2 Å². The highest BCUT2D eigenvalue weighted by Crippen LogP contribution is 2.21. The minimum absolute atomic E-state index is 0.118. The molecule has 0 radical (unpaired) electrons. The second kappa shape index (κ2) is 7.42. The number of aromatic nitrogens is 2. The molecule has 24 heavy (non-hydrogen) atoms. The van der Waals surface area contributed by atoms with Gasteiger partial charge in [-0.2, -0.15) is 0 Å².